The Kier molecular flexibility index (Phi) is 3.96. The summed E-state index contributed by atoms with van der Waals surface area (Å²) < 4.78 is 0. The van der Waals surface area contributed by atoms with Crippen molar-refractivity contribution in [3.63, 3.8) is 0 Å². The quantitative estimate of drug-likeness (QED) is 0.613. The Morgan fingerprint density at radius 3 is 2.25 bits per heavy atom. The van der Waals surface area contributed by atoms with E-state index >= 15 is 0 Å². The van der Waals surface area contributed by atoms with Crippen LogP contribution in [0.15, 0.2) is 29.4 Å². The minimum absolute atomic E-state index is 0.0332. The van der Waals surface area contributed by atoms with Crippen LogP contribution in [0.2, 0.25) is 0 Å². The number of nitro benzene ring substituents is 1. The third-order valence-electron chi connectivity index (χ3n) is 1.61. The van der Waals surface area contributed by atoms with Crippen molar-refractivity contribution in [1.29, 1.82) is 0 Å². The average molecular weight is 224 g/mol. The number of nitrogens with zero attached hydrogens (tertiary/aromatic N) is 2. The van der Waals surface area contributed by atoms with E-state index in [2.05, 4.69) is 9.99 Å². The van der Waals surface area contributed by atoms with E-state index in [-0.39, 0.29) is 12.1 Å². The Labute approximate surface area is 90.1 Å². The number of oxime groups is 1. The van der Waals surface area contributed by atoms with Crippen LogP contribution in [0.5, 0.6) is 0 Å². The molecule has 1 aliphatic heterocycles. The van der Waals surface area contributed by atoms with Crippen molar-refractivity contribution in [3.05, 3.63) is 39.9 Å². The van der Waals surface area contributed by atoms with E-state index in [1.54, 1.807) is 0 Å². The monoisotopic (exact) mass is 224 g/mol. The van der Waals surface area contributed by atoms with Gasteiger partial charge in [-0.1, -0.05) is 12.1 Å². The van der Waals surface area contributed by atoms with Crippen LogP contribution in [0, 0.1) is 10.1 Å². The van der Waals surface area contributed by atoms with Crippen molar-refractivity contribution >= 4 is 18.1 Å². The fourth-order valence-corrected chi connectivity index (χ4v) is 0.910. The largest absolute Gasteiger partial charge is 0.481 e. The number of non-ortho nitro benzene ring substituents is 1. The van der Waals surface area contributed by atoms with E-state index in [1.807, 2.05) is 0 Å². The zero-order valence-corrected chi connectivity index (χ0v) is 8.07. The minimum atomic E-state index is -0.950. The van der Waals surface area contributed by atoms with Crippen molar-refractivity contribution in [2.75, 3.05) is 0 Å². The second-order valence-corrected chi connectivity index (χ2v) is 2.81. The van der Waals surface area contributed by atoms with E-state index in [4.69, 9.17) is 5.11 Å². The van der Waals surface area contributed by atoms with Crippen LogP contribution in [0.1, 0.15) is 5.56 Å². The van der Waals surface area contributed by atoms with Crippen molar-refractivity contribution in [2.24, 2.45) is 5.16 Å². The van der Waals surface area contributed by atoms with Crippen molar-refractivity contribution in [1.82, 2.24) is 0 Å². The summed E-state index contributed by atoms with van der Waals surface area (Å²) in [5.41, 5.74) is 0.521. The normalized spacial score (nSPS) is 10.8. The molecule has 1 aromatic rings. The summed E-state index contributed by atoms with van der Waals surface area (Å²) in [6.45, 7) is 0. The highest BCUT2D eigenvalue weighted by molar-refractivity contribution is 5.70. The number of aliphatic carboxylic acids is 1. The summed E-state index contributed by atoms with van der Waals surface area (Å²) in [6, 6.07) is 5.45. The Bertz CT molecular complexity index is 408. The summed E-state index contributed by atoms with van der Waals surface area (Å²) in [5, 5.41) is 21.8. The first-order valence-corrected chi connectivity index (χ1v) is 4.22. The zero-order chi connectivity index (χ0) is 12.0. The van der Waals surface area contributed by atoms with Gasteiger partial charge in [0.1, 0.15) is 0 Å². The molecule has 84 valence electrons. The van der Waals surface area contributed by atoms with Crippen LogP contribution in [0.25, 0.3) is 0 Å². The van der Waals surface area contributed by atoms with Crippen molar-refractivity contribution < 1.29 is 19.7 Å². The molecule has 0 fully saturated rings. The molecule has 0 aromatic heterocycles. The molecular formula is C9H8N2O5. The fourth-order valence-electron chi connectivity index (χ4n) is 0.910. The number of carboxylic acids is 1. The topological polar surface area (TPSA) is 105 Å². The van der Waals surface area contributed by atoms with Gasteiger partial charge in [0.15, 0.2) is 0 Å². The zero-order valence-electron chi connectivity index (χ0n) is 8.07. The molecule has 0 aliphatic carbocycles. The molecule has 0 bridgehead atoms. The van der Waals surface area contributed by atoms with E-state index in [0.29, 0.717) is 5.56 Å². The van der Waals surface area contributed by atoms with Crippen molar-refractivity contribution in [3.8, 4) is 0 Å². The third kappa shape index (κ3) is 4.70. The summed E-state index contributed by atoms with van der Waals surface area (Å²) in [7, 11) is 0. The smallest absolute Gasteiger partial charge is 0.307 e. The third-order valence-corrected chi connectivity index (χ3v) is 1.61. The predicted molar refractivity (Wildman–Crippen MR) is 54.0 cm³/mol. The van der Waals surface area contributed by atoms with Gasteiger partial charge in [0.05, 0.1) is 11.3 Å². The van der Waals surface area contributed by atoms with Gasteiger partial charge in [0.2, 0.25) is 6.40 Å². The van der Waals surface area contributed by atoms with Gasteiger partial charge in [-0.2, -0.15) is 0 Å². The van der Waals surface area contributed by atoms with Crippen molar-refractivity contribution in [2.45, 2.75) is 6.42 Å². The van der Waals surface area contributed by atoms with Gasteiger partial charge in [-0.3, -0.25) is 14.9 Å². The SMILES string of the molecule is C1=NO1.O=C(O)Cc1ccc([N+](=O)[O-])cc1. The van der Waals surface area contributed by atoms with Crippen LogP contribution < -0.4 is 0 Å². The van der Waals surface area contributed by atoms with Crippen LogP contribution in [-0.2, 0) is 16.1 Å². The molecule has 16 heavy (non-hydrogen) atoms. The van der Waals surface area contributed by atoms with E-state index in [1.165, 1.54) is 30.7 Å². The molecule has 7 nitrogen and oxygen atoms in total. The Morgan fingerprint density at radius 2 is 1.94 bits per heavy atom. The summed E-state index contributed by atoms with van der Waals surface area (Å²) in [4.78, 5) is 24.0. The van der Waals surface area contributed by atoms with Gasteiger partial charge in [-0.05, 0) is 10.7 Å². The highest BCUT2D eigenvalue weighted by Crippen LogP contribution is 2.11. The Hall–Kier alpha value is -2.44. The van der Waals surface area contributed by atoms with Crippen LogP contribution in [0.3, 0.4) is 0 Å². The van der Waals surface area contributed by atoms with Gasteiger partial charge < -0.3 is 9.94 Å². The van der Waals surface area contributed by atoms with Crippen LogP contribution in [-0.4, -0.2) is 22.4 Å². The summed E-state index contributed by atoms with van der Waals surface area (Å²) in [5.74, 6) is -0.950. The van der Waals surface area contributed by atoms with Gasteiger partial charge in [0, 0.05) is 12.1 Å². The predicted octanol–water partition coefficient (Wildman–Crippen LogP) is 1.18. The average Bonchev–Trinajstić information content (AvgIpc) is 3.04. The summed E-state index contributed by atoms with van der Waals surface area (Å²) >= 11 is 0. The second-order valence-electron chi connectivity index (χ2n) is 2.81. The molecule has 1 N–H and O–H groups in total. The highest BCUT2D eigenvalue weighted by atomic mass is 16.7. The molecule has 1 aromatic carbocycles. The first kappa shape index (κ1) is 11.6. The molecule has 0 saturated heterocycles. The standard InChI is InChI=1S/C8H7NO4.CHNO/c10-8(11)5-6-1-3-7(4-2-6)9(12)13;1-2-3-1/h1-4H,5H2,(H,10,11);1H. The number of rotatable bonds is 3. The van der Waals surface area contributed by atoms with Gasteiger partial charge in [0.25, 0.3) is 5.69 Å². The maximum atomic E-state index is 10.3. The Morgan fingerprint density at radius 1 is 1.44 bits per heavy atom. The Balaban J connectivity index is 0.000000365. The second kappa shape index (κ2) is 5.44. The maximum absolute atomic E-state index is 10.3. The van der Waals surface area contributed by atoms with Crippen LogP contribution >= 0.6 is 0 Å². The fraction of sp³-hybridized carbons (Fsp3) is 0.111. The first-order chi connectivity index (χ1) is 7.59. The van der Waals surface area contributed by atoms with E-state index in [0.717, 1.165) is 0 Å². The number of hydrogen-bond acceptors (Lipinski definition) is 5. The molecule has 0 amide bonds. The minimum Gasteiger partial charge on any atom is -0.481 e. The molecule has 1 aliphatic rings. The van der Waals surface area contributed by atoms with Gasteiger partial charge in [-0.25, -0.2) is 0 Å². The molecule has 0 unspecified atom stereocenters. The molecule has 0 radical (unpaired) electrons. The van der Waals surface area contributed by atoms with Crippen LogP contribution in [0.4, 0.5) is 5.69 Å². The molecule has 0 saturated carbocycles. The number of carboxylic acid groups (broad SMARTS) is 1. The molecule has 2 rings (SSSR count). The highest BCUT2D eigenvalue weighted by Gasteiger charge is 2.05. The summed E-state index contributed by atoms with van der Waals surface area (Å²) in [6.07, 6.45) is 1.26. The maximum Gasteiger partial charge on any atom is 0.307 e. The lowest BCUT2D eigenvalue weighted by Crippen LogP contribution is -1.99. The molecule has 0 atom stereocenters. The number of benzene rings is 1. The molecule has 0 spiro atoms. The molecule has 1 heterocycles. The van der Waals surface area contributed by atoms with Gasteiger partial charge in [-0.15, -0.1) is 0 Å². The van der Waals surface area contributed by atoms with E-state index in [9.17, 15) is 14.9 Å². The molecular weight excluding hydrogens is 216 g/mol. The molecule has 7 heteroatoms. The number of hydrogen-bond donors (Lipinski definition) is 1. The number of carbonyl (C=O) groups is 1. The lowest BCUT2D eigenvalue weighted by Gasteiger charge is -1.95. The lowest BCUT2D eigenvalue weighted by molar-refractivity contribution is -0.384. The lowest BCUT2D eigenvalue weighted by atomic mass is 10.1. The first-order valence-electron chi connectivity index (χ1n) is 4.22. The van der Waals surface area contributed by atoms with Gasteiger partial charge >= 0.3 is 5.97 Å². The number of nitro groups is 1. The van der Waals surface area contributed by atoms with E-state index < -0.39 is 10.9 Å².